The minimum absolute atomic E-state index is 0.0548. The Bertz CT molecular complexity index is 351. The minimum atomic E-state index is -0.529. The number of esters is 1. The van der Waals surface area contributed by atoms with Crippen LogP contribution in [0.25, 0.3) is 0 Å². The zero-order chi connectivity index (χ0) is 13.8. The van der Waals surface area contributed by atoms with E-state index in [1.165, 1.54) is 0 Å². The first-order valence-electron chi connectivity index (χ1n) is 6.70. The fourth-order valence-electron chi connectivity index (χ4n) is 2.52. The van der Waals surface area contributed by atoms with E-state index in [1.54, 1.807) is 6.92 Å². The average molecular weight is 287 g/mol. The highest BCUT2D eigenvalue weighted by Crippen LogP contribution is 2.33. The van der Waals surface area contributed by atoms with Crippen molar-refractivity contribution in [3.05, 3.63) is 0 Å². The molecular formula is C12H21N3O3S. The van der Waals surface area contributed by atoms with Crippen molar-refractivity contribution in [1.82, 2.24) is 10.6 Å². The molecule has 7 heteroatoms. The van der Waals surface area contributed by atoms with Gasteiger partial charge < -0.3 is 15.4 Å². The summed E-state index contributed by atoms with van der Waals surface area (Å²) in [7, 11) is 0. The Hall–Kier alpha value is -0.950. The molecule has 2 saturated heterocycles. The number of nitrogens with one attached hydrogen (secondary N) is 2. The molecule has 2 rings (SSSR count). The van der Waals surface area contributed by atoms with E-state index in [4.69, 9.17) is 10.5 Å². The largest absolute Gasteiger partial charge is 0.447 e. The molecule has 0 aliphatic carbocycles. The molecule has 4 N–H and O–H groups in total. The number of carbonyl (C=O) groups excluding carboxylic acids is 2. The van der Waals surface area contributed by atoms with Gasteiger partial charge in [0.15, 0.2) is 0 Å². The van der Waals surface area contributed by atoms with Crippen molar-refractivity contribution in [2.45, 2.75) is 56.2 Å². The van der Waals surface area contributed by atoms with Crippen molar-refractivity contribution in [2.75, 3.05) is 5.75 Å². The molecule has 2 heterocycles. The Balaban J connectivity index is 1.61. The van der Waals surface area contributed by atoms with Crippen LogP contribution in [0.4, 0.5) is 4.79 Å². The molecule has 0 saturated carbocycles. The van der Waals surface area contributed by atoms with Crippen LogP contribution in [0.5, 0.6) is 0 Å². The number of hydrogen-bond acceptors (Lipinski definition) is 5. The molecule has 2 aliphatic heterocycles. The van der Waals surface area contributed by atoms with Gasteiger partial charge in [0.1, 0.15) is 6.23 Å². The lowest BCUT2D eigenvalue weighted by atomic mass is 10.0. The molecule has 0 aromatic rings. The van der Waals surface area contributed by atoms with Gasteiger partial charge >= 0.3 is 12.0 Å². The molecule has 1 unspecified atom stereocenters. The second-order valence-corrected chi connectivity index (χ2v) is 6.33. The number of amides is 2. The Kier molecular flexibility index (Phi) is 4.93. The van der Waals surface area contributed by atoms with Gasteiger partial charge in [-0.05, 0) is 19.8 Å². The third-order valence-electron chi connectivity index (χ3n) is 3.38. The first-order valence-corrected chi connectivity index (χ1v) is 7.75. The third kappa shape index (κ3) is 4.01. The number of fused-ring (bicyclic) bond motifs is 1. The smallest absolute Gasteiger partial charge is 0.315 e. The Morgan fingerprint density at radius 2 is 2.32 bits per heavy atom. The SMILES string of the molecule is CC(N)OC(=O)CCCC[C@@H]1SC[C@@H]2NC(=O)N[C@@H]21. The molecule has 2 aliphatic rings. The van der Waals surface area contributed by atoms with E-state index in [9.17, 15) is 9.59 Å². The first kappa shape index (κ1) is 14.5. The molecule has 6 nitrogen and oxygen atoms in total. The lowest BCUT2D eigenvalue weighted by Crippen LogP contribution is -2.36. The van der Waals surface area contributed by atoms with Crippen LogP contribution in [-0.4, -0.2) is 41.3 Å². The Morgan fingerprint density at radius 1 is 1.53 bits per heavy atom. The van der Waals surface area contributed by atoms with E-state index in [-0.39, 0.29) is 24.1 Å². The molecule has 0 aromatic heterocycles. The number of carbonyl (C=O) groups is 2. The number of ether oxygens (including phenoxy) is 1. The molecule has 2 amide bonds. The van der Waals surface area contributed by atoms with E-state index < -0.39 is 6.23 Å². The molecule has 19 heavy (non-hydrogen) atoms. The van der Waals surface area contributed by atoms with Gasteiger partial charge in [-0.3, -0.25) is 10.5 Å². The standard InChI is InChI=1S/C12H21N3O3S/c1-7(13)18-10(16)5-3-2-4-9-11-8(6-19-9)14-12(17)15-11/h7-9,11H,2-6,13H2,1H3,(H2,14,15,17)/t7?,8-,9-,11-/m0/s1. The van der Waals surface area contributed by atoms with Crippen LogP contribution in [-0.2, 0) is 9.53 Å². The summed E-state index contributed by atoms with van der Waals surface area (Å²) >= 11 is 1.89. The van der Waals surface area contributed by atoms with E-state index in [0.717, 1.165) is 25.0 Å². The normalized spacial score (nSPS) is 30.4. The van der Waals surface area contributed by atoms with Gasteiger partial charge in [-0.1, -0.05) is 6.42 Å². The lowest BCUT2D eigenvalue weighted by molar-refractivity contribution is -0.148. The summed E-state index contributed by atoms with van der Waals surface area (Å²) in [5.41, 5.74) is 5.38. The minimum Gasteiger partial charge on any atom is -0.447 e. The molecule has 2 fully saturated rings. The molecule has 4 atom stereocenters. The monoisotopic (exact) mass is 287 g/mol. The van der Waals surface area contributed by atoms with Crippen molar-refractivity contribution >= 4 is 23.8 Å². The predicted octanol–water partition coefficient (Wildman–Crippen LogP) is 0.560. The number of thioether (sulfide) groups is 1. The van der Waals surface area contributed by atoms with Crippen LogP contribution < -0.4 is 16.4 Å². The topological polar surface area (TPSA) is 93.4 Å². The van der Waals surface area contributed by atoms with Gasteiger partial charge in [-0.25, -0.2) is 4.79 Å². The van der Waals surface area contributed by atoms with E-state index in [2.05, 4.69) is 10.6 Å². The first-order chi connectivity index (χ1) is 9.06. The number of nitrogens with two attached hydrogens (primary N) is 1. The predicted molar refractivity (Wildman–Crippen MR) is 73.7 cm³/mol. The van der Waals surface area contributed by atoms with Gasteiger partial charge in [0.25, 0.3) is 0 Å². The molecule has 0 bridgehead atoms. The summed E-state index contributed by atoms with van der Waals surface area (Å²) in [6.07, 6.45) is 2.67. The van der Waals surface area contributed by atoms with Crippen LogP contribution in [0, 0.1) is 0 Å². The summed E-state index contributed by atoms with van der Waals surface area (Å²) in [6.45, 7) is 1.64. The maximum Gasteiger partial charge on any atom is 0.315 e. The van der Waals surface area contributed by atoms with Crippen molar-refractivity contribution in [3.63, 3.8) is 0 Å². The lowest BCUT2D eigenvalue weighted by Gasteiger charge is -2.16. The highest BCUT2D eigenvalue weighted by atomic mass is 32.2. The summed E-state index contributed by atoms with van der Waals surface area (Å²) in [5.74, 6) is 0.739. The van der Waals surface area contributed by atoms with Crippen LogP contribution in [0.1, 0.15) is 32.6 Å². The summed E-state index contributed by atoms with van der Waals surface area (Å²) < 4.78 is 4.87. The molecule has 0 aromatic carbocycles. The summed E-state index contributed by atoms with van der Waals surface area (Å²) in [4.78, 5) is 22.5. The van der Waals surface area contributed by atoms with Crippen molar-refractivity contribution in [1.29, 1.82) is 0 Å². The van der Waals surface area contributed by atoms with Crippen LogP contribution in [0.15, 0.2) is 0 Å². The van der Waals surface area contributed by atoms with Gasteiger partial charge in [0.05, 0.1) is 12.1 Å². The molecule has 0 spiro atoms. The second kappa shape index (κ2) is 6.47. The zero-order valence-corrected chi connectivity index (χ0v) is 11.9. The van der Waals surface area contributed by atoms with Gasteiger partial charge in [0.2, 0.25) is 0 Å². The van der Waals surface area contributed by atoms with Gasteiger partial charge in [-0.15, -0.1) is 0 Å². The highest BCUT2D eigenvalue weighted by Gasteiger charge is 2.42. The van der Waals surface area contributed by atoms with Gasteiger partial charge in [0, 0.05) is 17.4 Å². The fourth-order valence-corrected chi connectivity index (χ4v) is 4.07. The zero-order valence-electron chi connectivity index (χ0n) is 11.1. The third-order valence-corrected chi connectivity index (χ3v) is 4.88. The maximum atomic E-state index is 11.3. The van der Waals surface area contributed by atoms with Gasteiger partial charge in [-0.2, -0.15) is 11.8 Å². The molecule has 0 radical (unpaired) electrons. The van der Waals surface area contributed by atoms with E-state index >= 15 is 0 Å². The number of hydrogen-bond donors (Lipinski definition) is 3. The number of urea groups is 1. The van der Waals surface area contributed by atoms with E-state index in [1.807, 2.05) is 11.8 Å². The fraction of sp³-hybridized carbons (Fsp3) is 0.833. The number of unbranched alkanes of at least 4 members (excludes halogenated alkanes) is 1. The van der Waals surface area contributed by atoms with Crippen molar-refractivity contribution < 1.29 is 14.3 Å². The second-order valence-electron chi connectivity index (χ2n) is 5.06. The highest BCUT2D eigenvalue weighted by molar-refractivity contribution is 8.00. The van der Waals surface area contributed by atoms with Crippen LogP contribution in [0.2, 0.25) is 0 Å². The number of rotatable bonds is 6. The average Bonchev–Trinajstić information content (AvgIpc) is 2.83. The molecule has 108 valence electrons. The quantitative estimate of drug-likeness (QED) is 0.287. The summed E-state index contributed by atoms with van der Waals surface area (Å²) in [5, 5.41) is 6.33. The van der Waals surface area contributed by atoms with Crippen LogP contribution >= 0.6 is 11.8 Å². The van der Waals surface area contributed by atoms with Crippen LogP contribution in [0.3, 0.4) is 0 Å². The van der Waals surface area contributed by atoms with Crippen molar-refractivity contribution in [3.8, 4) is 0 Å². The maximum absolute atomic E-state index is 11.3. The van der Waals surface area contributed by atoms with Crippen molar-refractivity contribution in [2.24, 2.45) is 5.73 Å². The Morgan fingerprint density at radius 3 is 3.05 bits per heavy atom. The Labute approximate surface area is 117 Å². The van der Waals surface area contributed by atoms with E-state index in [0.29, 0.717) is 11.7 Å². The summed E-state index contributed by atoms with van der Waals surface area (Å²) in [6, 6.07) is 0.458. The molecular weight excluding hydrogens is 266 g/mol.